The van der Waals surface area contributed by atoms with Crippen molar-refractivity contribution in [1.29, 1.82) is 0 Å². The molecule has 1 aromatic rings. The Hall–Kier alpha value is -1.59. The molecule has 1 rings (SSSR count). The maximum Gasteiger partial charge on any atom is 0.305 e. The lowest BCUT2D eigenvalue weighted by Gasteiger charge is -2.21. The number of hydrogen-bond acceptors (Lipinski definition) is 3. The lowest BCUT2D eigenvalue weighted by Crippen LogP contribution is -2.34. The smallest absolute Gasteiger partial charge is 0.305 e. The van der Waals surface area contributed by atoms with Crippen LogP contribution in [0.3, 0.4) is 0 Å². The Morgan fingerprint density at radius 1 is 1.16 bits per heavy atom. The third kappa shape index (κ3) is 5.28. The number of halogens is 1. The number of nitrogens with zero attached hydrogens (tertiary/aromatic N) is 1. The van der Waals surface area contributed by atoms with E-state index >= 15 is 0 Å². The van der Waals surface area contributed by atoms with Crippen LogP contribution in [-0.4, -0.2) is 46.7 Å². The number of rotatable bonds is 7. The monoisotopic (exact) mass is 285 g/mol. The van der Waals surface area contributed by atoms with E-state index in [-0.39, 0.29) is 25.5 Å². The molecule has 0 saturated heterocycles. The van der Waals surface area contributed by atoms with Gasteiger partial charge in [0.15, 0.2) is 0 Å². The summed E-state index contributed by atoms with van der Waals surface area (Å²) < 4.78 is 0. The second kappa shape index (κ2) is 7.76. The molecule has 0 aliphatic rings. The van der Waals surface area contributed by atoms with Gasteiger partial charge in [-0.25, -0.2) is 0 Å². The molecule has 0 radical (unpaired) electrons. The molecular weight excluding hydrogens is 270 g/mol. The van der Waals surface area contributed by atoms with Gasteiger partial charge in [-0.15, -0.1) is 0 Å². The van der Waals surface area contributed by atoms with Gasteiger partial charge < -0.3 is 15.1 Å². The van der Waals surface area contributed by atoms with Gasteiger partial charge in [0.05, 0.1) is 6.42 Å². The number of amides is 1. The lowest BCUT2D eigenvalue weighted by molar-refractivity contribution is -0.137. The van der Waals surface area contributed by atoms with E-state index in [0.717, 1.165) is 0 Å². The molecule has 0 unspecified atom stereocenters. The first-order chi connectivity index (χ1) is 9.04. The SMILES string of the molecule is O=C(O)CCN(CCCO)C(=O)c1ccc(Cl)cc1. The average Bonchev–Trinajstić information content (AvgIpc) is 2.39. The summed E-state index contributed by atoms with van der Waals surface area (Å²) >= 11 is 5.75. The highest BCUT2D eigenvalue weighted by Gasteiger charge is 2.16. The Labute approximate surface area is 116 Å². The van der Waals surface area contributed by atoms with Gasteiger partial charge in [0.2, 0.25) is 0 Å². The van der Waals surface area contributed by atoms with Gasteiger partial charge in [-0.1, -0.05) is 11.6 Å². The first kappa shape index (κ1) is 15.5. The fraction of sp³-hybridized carbons (Fsp3) is 0.385. The molecule has 1 amide bonds. The molecule has 1 aromatic carbocycles. The van der Waals surface area contributed by atoms with Crippen molar-refractivity contribution in [3.63, 3.8) is 0 Å². The fourth-order valence-electron chi connectivity index (χ4n) is 1.58. The number of carboxylic acid groups (broad SMARTS) is 1. The summed E-state index contributed by atoms with van der Waals surface area (Å²) in [5.41, 5.74) is 0.452. The molecule has 0 atom stereocenters. The average molecular weight is 286 g/mol. The zero-order valence-corrected chi connectivity index (χ0v) is 11.1. The van der Waals surface area contributed by atoms with Gasteiger partial charge in [-0.05, 0) is 30.7 Å². The predicted molar refractivity (Wildman–Crippen MR) is 71.3 cm³/mol. The van der Waals surface area contributed by atoms with Crippen LogP contribution in [0.1, 0.15) is 23.2 Å². The number of carboxylic acids is 1. The number of aliphatic hydroxyl groups is 1. The molecule has 0 aliphatic heterocycles. The first-order valence-corrected chi connectivity index (χ1v) is 6.30. The third-order valence-corrected chi connectivity index (χ3v) is 2.81. The Bertz CT molecular complexity index is 433. The number of hydrogen-bond donors (Lipinski definition) is 2. The Morgan fingerprint density at radius 2 is 1.79 bits per heavy atom. The van der Waals surface area contributed by atoms with E-state index < -0.39 is 5.97 Å². The van der Waals surface area contributed by atoms with Gasteiger partial charge >= 0.3 is 5.97 Å². The number of benzene rings is 1. The van der Waals surface area contributed by atoms with E-state index in [9.17, 15) is 9.59 Å². The predicted octanol–water partition coefficient (Wildman–Crippen LogP) is 1.64. The molecule has 0 spiro atoms. The minimum absolute atomic E-state index is 0.0442. The van der Waals surface area contributed by atoms with E-state index in [2.05, 4.69) is 0 Å². The summed E-state index contributed by atoms with van der Waals surface area (Å²) in [7, 11) is 0. The maximum absolute atomic E-state index is 12.2. The largest absolute Gasteiger partial charge is 0.481 e. The normalized spacial score (nSPS) is 10.2. The van der Waals surface area contributed by atoms with Crippen LogP contribution in [0.5, 0.6) is 0 Å². The second-order valence-electron chi connectivity index (χ2n) is 4.02. The van der Waals surface area contributed by atoms with Crippen molar-refractivity contribution in [2.45, 2.75) is 12.8 Å². The summed E-state index contributed by atoms with van der Waals surface area (Å²) in [5.74, 6) is -1.22. The van der Waals surface area contributed by atoms with E-state index in [0.29, 0.717) is 23.6 Å². The van der Waals surface area contributed by atoms with Crippen LogP contribution in [-0.2, 0) is 4.79 Å². The molecule has 104 valence electrons. The summed E-state index contributed by atoms with van der Waals surface area (Å²) in [4.78, 5) is 24.2. The van der Waals surface area contributed by atoms with Gasteiger partial charge in [0.1, 0.15) is 0 Å². The number of aliphatic carboxylic acids is 1. The van der Waals surface area contributed by atoms with Crippen LogP contribution < -0.4 is 0 Å². The highest BCUT2D eigenvalue weighted by Crippen LogP contribution is 2.12. The molecule has 0 bridgehead atoms. The molecule has 2 N–H and O–H groups in total. The number of aliphatic hydroxyl groups excluding tert-OH is 1. The summed E-state index contributed by atoms with van der Waals surface area (Å²) in [6.07, 6.45) is 0.295. The van der Waals surface area contributed by atoms with Crippen LogP contribution >= 0.6 is 11.6 Å². The molecule has 0 aromatic heterocycles. The molecular formula is C13H16ClNO4. The molecule has 5 nitrogen and oxygen atoms in total. The number of carbonyl (C=O) groups excluding carboxylic acids is 1. The van der Waals surface area contributed by atoms with E-state index in [4.69, 9.17) is 21.8 Å². The zero-order valence-electron chi connectivity index (χ0n) is 10.4. The quantitative estimate of drug-likeness (QED) is 0.798. The van der Waals surface area contributed by atoms with Crippen molar-refractivity contribution in [2.24, 2.45) is 0 Å². The molecule has 6 heteroatoms. The molecule has 0 fully saturated rings. The second-order valence-corrected chi connectivity index (χ2v) is 4.46. The van der Waals surface area contributed by atoms with Gasteiger partial charge in [-0.2, -0.15) is 0 Å². The van der Waals surface area contributed by atoms with Gasteiger partial charge in [0, 0.05) is 30.3 Å². The maximum atomic E-state index is 12.2. The van der Waals surface area contributed by atoms with Crippen LogP contribution in [0.25, 0.3) is 0 Å². The Morgan fingerprint density at radius 3 is 2.32 bits per heavy atom. The lowest BCUT2D eigenvalue weighted by atomic mass is 10.2. The van der Waals surface area contributed by atoms with E-state index in [1.165, 1.54) is 4.90 Å². The van der Waals surface area contributed by atoms with Crippen LogP contribution in [0.2, 0.25) is 5.02 Å². The molecule has 0 saturated carbocycles. The van der Waals surface area contributed by atoms with Crippen molar-refractivity contribution in [3.05, 3.63) is 34.9 Å². The molecule has 0 aliphatic carbocycles. The van der Waals surface area contributed by atoms with E-state index in [1.54, 1.807) is 24.3 Å². The zero-order chi connectivity index (χ0) is 14.3. The van der Waals surface area contributed by atoms with Crippen LogP contribution in [0.4, 0.5) is 0 Å². The summed E-state index contributed by atoms with van der Waals surface area (Å²) in [6.45, 7) is 0.402. The van der Waals surface area contributed by atoms with Crippen LogP contribution in [0, 0.1) is 0 Å². The van der Waals surface area contributed by atoms with Crippen molar-refractivity contribution in [1.82, 2.24) is 4.90 Å². The van der Waals surface area contributed by atoms with Gasteiger partial charge in [-0.3, -0.25) is 9.59 Å². The number of carbonyl (C=O) groups is 2. The minimum Gasteiger partial charge on any atom is -0.481 e. The first-order valence-electron chi connectivity index (χ1n) is 5.92. The topological polar surface area (TPSA) is 77.8 Å². The Balaban J connectivity index is 2.74. The van der Waals surface area contributed by atoms with E-state index in [1.807, 2.05) is 0 Å². The molecule has 19 heavy (non-hydrogen) atoms. The third-order valence-electron chi connectivity index (χ3n) is 2.56. The highest BCUT2D eigenvalue weighted by atomic mass is 35.5. The fourth-order valence-corrected chi connectivity index (χ4v) is 1.71. The van der Waals surface area contributed by atoms with Crippen molar-refractivity contribution >= 4 is 23.5 Å². The Kier molecular flexibility index (Phi) is 6.32. The van der Waals surface area contributed by atoms with Crippen molar-refractivity contribution < 1.29 is 19.8 Å². The van der Waals surface area contributed by atoms with Crippen molar-refractivity contribution in [3.8, 4) is 0 Å². The van der Waals surface area contributed by atoms with Crippen molar-refractivity contribution in [2.75, 3.05) is 19.7 Å². The standard InChI is InChI=1S/C13H16ClNO4/c14-11-4-2-10(3-5-11)13(19)15(7-1-9-16)8-6-12(17)18/h2-5,16H,1,6-9H2,(H,17,18). The minimum atomic E-state index is -0.960. The van der Waals surface area contributed by atoms with Gasteiger partial charge in [0.25, 0.3) is 5.91 Å². The van der Waals surface area contributed by atoms with Crippen LogP contribution in [0.15, 0.2) is 24.3 Å². The summed E-state index contributed by atoms with van der Waals surface area (Å²) in [5, 5.41) is 18.0. The summed E-state index contributed by atoms with van der Waals surface area (Å²) in [6, 6.07) is 6.40. The highest BCUT2D eigenvalue weighted by molar-refractivity contribution is 6.30. The molecule has 0 heterocycles.